The van der Waals surface area contributed by atoms with Crippen LogP contribution < -0.4 is 19.1 Å². The van der Waals surface area contributed by atoms with Crippen molar-refractivity contribution in [2.75, 3.05) is 37.9 Å². The number of halogens is 1. The van der Waals surface area contributed by atoms with Crippen LogP contribution in [-0.4, -0.2) is 64.7 Å². The summed E-state index contributed by atoms with van der Waals surface area (Å²) in [6.45, 7) is 5.55. The number of sulfonamides is 1. The second-order valence-electron chi connectivity index (χ2n) is 8.77. The molecule has 1 atom stereocenters. The summed E-state index contributed by atoms with van der Waals surface area (Å²) in [7, 11) is -1.02. The zero-order chi connectivity index (χ0) is 27.0. The van der Waals surface area contributed by atoms with Gasteiger partial charge in [0.2, 0.25) is 21.8 Å². The third-order valence-electron chi connectivity index (χ3n) is 5.45. The molecular weight excluding hydrogens is 506 g/mol. The highest BCUT2D eigenvalue weighted by Gasteiger charge is 2.31. The Morgan fingerprint density at radius 2 is 1.67 bits per heavy atom. The molecule has 0 aromatic heterocycles. The second-order valence-corrected chi connectivity index (χ2v) is 11.1. The zero-order valence-electron chi connectivity index (χ0n) is 21.4. The van der Waals surface area contributed by atoms with E-state index < -0.39 is 28.5 Å². The number of amides is 2. The van der Waals surface area contributed by atoms with E-state index in [4.69, 9.17) is 21.1 Å². The molecule has 198 valence electrons. The smallest absolute Gasteiger partial charge is 0.244 e. The molecule has 0 heterocycles. The van der Waals surface area contributed by atoms with Gasteiger partial charge in [-0.25, -0.2) is 8.42 Å². The van der Waals surface area contributed by atoms with Crippen LogP contribution in [0.5, 0.6) is 11.5 Å². The summed E-state index contributed by atoms with van der Waals surface area (Å²) in [5, 5.41) is 3.37. The summed E-state index contributed by atoms with van der Waals surface area (Å²) >= 11 is 5.99. The number of hydrogen-bond acceptors (Lipinski definition) is 6. The van der Waals surface area contributed by atoms with Gasteiger partial charge in [0.25, 0.3) is 0 Å². The normalized spacial score (nSPS) is 12.1. The molecule has 0 aliphatic rings. The van der Waals surface area contributed by atoms with Gasteiger partial charge in [0.15, 0.2) is 0 Å². The van der Waals surface area contributed by atoms with Crippen molar-refractivity contribution >= 4 is 39.1 Å². The van der Waals surface area contributed by atoms with E-state index in [-0.39, 0.29) is 29.8 Å². The Hall–Kier alpha value is -2.98. The minimum atomic E-state index is -3.90. The van der Waals surface area contributed by atoms with Crippen molar-refractivity contribution in [1.82, 2.24) is 10.2 Å². The van der Waals surface area contributed by atoms with Crippen molar-refractivity contribution in [3.8, 4) is 11.5 Å². The van der Waals surface area contributed by atoms with Crippen molar-refractivity contribution < 1.29 is 27.5 Å². The molecule has 0 bridgehead atoms. The van der Waals surface area contributed by atoms with Crippen molar-refractivity contribution in [3.05, 3.63) is 53.1 Å². The van der Waals surface area contributed by atoms with Gasteiger partial charge in [-0.3, -0.25) is 13.9 Å². The lowest BCUT2D eigenvalue weighted by Gasteiger charge is -2.32. The van der Waals surface area contributed by atoms with Crippen molar-refractivity contribution in [2.24, 2.45) is 5.92 Å². The number of anilines is 1. The van der Waals surface area contributed by atoms with Crippen LogP contribution in [0.15, 0.2) is 42.5 Å². The first kappa shape index (κ1) is 29.3. The third kappa shape index (κ3) is 8.03. The van der Waals surface area contributed by atoms with Gasteiger partial charge in [0.05, 0.1) is 26.2 Å². The largest absolute Gasteiger partial charge is 0.497 e. The highest BCUT2D eigenvalue weighted by atomic mass is 35.5. The van der Waals surface area contributed by atoms with Gasteiger partial charge < -0.3 is 19.7 Å². The predicted molar refractivity (Wildman–Crippen MR) is 141 cm³/mol. The maximum Gasteiger partial charge on any atom is 0.244 e. The Kier molecular flexibility index (Phi) is 10.4. The van der Waals surface area contributed by atoms with E-state index in [9.17, 15) is 18.0 Å². The molecule has 11 heteroatoms. The fourth-order valence-electron chi connectivity index (χ4n) is 3.41. The average Bonchev–Trinajstić information content (AvgIpc) is 2.83. The first-order valence-corrected chi connectivity index (χ1v) is 13.6. The fourth-order valence-corrected chi connectivity index (χ4v) is 4.39. The summed E-state index contributed by atoms with van der Waals surface area (Å²) in [5.74, 6) is 0.0268. The van der Waals surface area contributed by atoms with Crippen LogP contribution in [0, 0.1) is 5.92 Å². The minimum absolute atomic E-state index is 0.0869. The summed E-state index contributed by atoms with van der Waals surface area (Å²) < 4.78 is 37.0. The van der Waals surface area contributed by atoms with Gasteiger partial charge in [0.1, 0.15) is 24.1 Å². The van der Waals surface area contributed by atoms with Crippen LogP contribution in [0.25, 0.3) is 0 Å². The molecule has 2 rings (SSSR count). The first-order chi connectivity index (χ1) is 16.9. The quantitative estimate of drug-likeness (QED) is 0.443. The van der Waals surface area contributed by atoms with Crippen molar-refractivity contribution in [3.63, 3.8) is 0 Å². The van der Waals surface area contributed by atoms with Gasteiger partial charge in [-0.05, 0) is 42.7 Å². The number of hydrogen-bond donors (Lipinski definition) is 1. The van der Waals surface area contributed by atoms with Crippen LogP contribution in [0.2, 0.25) is 5.02 Å². The molecule has 0 fully saturated rings. The third-order valence-corrected chi connectivity index (χ3v) is 6.83. The number of nitrogens with zero attached hydrogens (tertiary/aromatic N) is 2. The van der Waals surface area contributed by atoms with Crippen LogP contribution in [0.4, 0.5) is 5.69 Å². The summed E-state index contributed by atoms with van der Waals surface area (Å²) in [4.78, 5) is 27.8. The lowest BCUT2D eigenvalue weighted by atomic mass is 10.1. The van der Waals surface area contributed by atoms with Gasteiger partial charge >= 0.3 is 0 Å². The van der Waals surface area contributed by atoms with Gasteiger partial charge in [-0.2, -0.15) is 0 Å². The predicted octanol–water partition coefficient (Wildman–Crippen LogP) is 3.31. The average molecular weight is 540 g/mol. The molecular formula is C25H34ClN3O6S. The van der Waals surface area contributed by atoms with E-state index in [1.165, 1.54) is 31.3 Å². The SMILES string of the molecule is COc1ccc(N(CC(=O)N(Cc2ccc(Cl)cc2)[C@@H](C)C(=O)NCC(C)C)S(C)(=O)=O)c(OC)c1. The molecule has 0 saturated carbocycles. The van der Waals surface area contributed by atoms with E-state index >= 15 is 0 Å². The Morgan fingerprint density at radius 1 is 1.03 bits per heavy atom. The molecule has 2 aromatic rings. The number of benzene rings is 2. The molecule has 2 amide bonds. The maximum atomic E-state index is 13.6. The molecule has 0 aliphatic carbocycles. The minimum Gasteiger partial charge on any atom is -0.497 e. The van der Waals surface area contributed by atoms with Gasteiger partial charge in [-0.1, -0.05) is 37.6 Å². The summed E-state index contributed by atoms with van der Waals surface area (Å²) in [5.41, 5.74) is 0.918. The Morgan fingerprint density at radius 3 is 2.19 bits per heavy atom. The van der Waals surface area contributed by atoms with Crippen LogP contribution in [-0.2, 0) is 26.2 Å². The molecule has 1 N–H and O–H groups in total. The lowest BCUT2D eigenvalue weighted by molar-refractivity contribution is -0.139. The lowest BCUT2D eigenvalue weighted by Crippen LogP contribution is -2.51. The topological polar surface area (TPSA) is 105 Å². The number of ether oxygens (including phenoxy) is 2. The molecule has 36 heavy (non-hydrogen) atoms. The van der Waals surface area contributed by atoms with Crippen LogP contribution in [0.1, 0.15) is 26.3 Å². The Balaban J connectivity index is 2.43. The highest BCUT2D eigenvalue weighted by molar-refractivity contribution is 7.92. The summed E-state index contributed by atoms with van der Waals surface area (Å²) in [6.07, 6.45) is 1.01. The molecule has 2 aromatic carbocycles. The molecule has 9 nitrogen and oxygen atoms in total. The Bertz CT molecular complexity index is 1150. The van der Waals surface area contributed by atoms with Crippen molar-refractivity contribution in [1.29, 1.82) is 0 Å². The monoisotopic (exact) mass is 539 g/mol. The van der Waals surface area contributed by atoms with E-state index in [1.54, 1.807) is 37.3 Å². The van der Waals surface area contributed by atoms with Crippen molar-refractivity contribution in [2.45, 2.75) is 33.4 Å². The zero-order valence-corrected chi connectivity index (χ0v) is 23.0. The van der Waals surface area contributed by atoms with E-state index in [0.29, 0.717) is 17.3 Å². The molecule has 0 spiro atoms. The number of rotatable bonds is 12. The molecule has 0 radical (unpaired) electrons. The Labute approximate surface area is 218 Å². The number of methoxy groups -OCH3 is 2. The number of carbonyl (C=O) groups is 2. The van der Waals surface area contributed by atoms with Gasteiger partial charge in [0, 0.05) is 24.2 Å². The van der Waals surface area contributed by atoms with E-state index in [2.05, 4.69) is 5.32 Å². The van der Waals surface area contributed by atoms with E-state index in [1.807, 2.05) is 13.8 Å². The van der Waals surface area contributed by atoms with E-state index in [0.717, 1.165) is 16.1 Å². The highest BCUT2D eigenvalue weighted by Crippen LogP contribution is 2.33. The first-order valence-electron chi connectivity index (χ1n) is 11.4. The molecule has 0 aliphatic heterocycles. The second kappa shape index (κ2) is 12.8. The number of carbonyl (C=O) groups excluding carboxylic acids is 2. The maximum absolute atomic E-state index is 13.6. The van der Waals surface area contributed by atoms with Crippen LogP contribution in [0.3, 0.4) is 0 Å². The number of nitrogens with one attached hydrogen (secondary N) is 1. The van der Waals surface area contributed by atoms with Crippen LogP contribution >= 0.6 is 11.6 Å². The molecule has 0 saturated heterocycles. The van der Waals surface area contributed by atoms with Gasteiger partial charge in [-0.15, -0.1) is 0 Å². The fraction of sp³-hybridized carbons (Fsp3) is 0.440. The standard InChI is InChI=1S/C25H34ClN3O6S/c1-17(2)14-27-25(31)18(3)28(15-19-7-9-20(26)10-8-19)24(30)16-29(36(6,32)33)22-12-11-21(34-4)13-23(22)35-5/h7-13,17-18H,14-16H2,1-6H3,(H,27,31)/t18-/m0/s1. The summed E-state index contributed by atoms with van der Waals surface area (Å²) in [6, 6.07) is 10.6. The molecule has 0 unspecified atom stereocenters.